The third-order valence-corrected chi connectivity index (χ3v) is 4.26. The summed E-state index contributed by atoms with van der Waals surface area (Å²) in [6, 6.07) is 17.4. The van der Waals surface area contributed by atoms with Crippen LogP contribution in [0.5, 0.6) is 5.75 Å². The first-order chi connectivity index (χ1) is 11.3. The third-order valence-electron chi connectivity index (χ3n) is 3.43. The molecule has 3 rings (SSSR count). The Balaban J connectivity index is 1.70. The van der Waals surface area contributed by atoms with Gasteiger partial charge in [-0.2, -0.15) is 0 Å². The van der Waals surface area contributed by atoms with E-state index in [1.54, 1.807) is 12.6 Å². The molecule has 1 amide bonds. The van der Waals surface area contributed by atoms with Gasteiger partial charge in [0.05, 0.1) is 18.3 Å². The number of rotatable bonds is 5. The molecule has 0 bridgehead atoms. The lowest BCUT2D eigenvalue weighted by Gasteiger charge is -2.06. The maximum Gasteiger partial charge on any atom is 0.263 e. The molecule has 0 radical (unpaired) electrons. The summed E-state index contributed by atoms with van der Waals surface area (Å²) in [6.45, 7) is 0.467. The van der Waals surface area contributed by atoms with Crippen molar-refractivity contribution in [1.82, 2.24) is 10.3 Å². The Labute approximate surface area is 138 Å². The van der Waals surface area contributed by atoms with E-state index in [9.17, 15) is 4.79 Å². The molecule has 0 unspecified atom stereocenters. The highest BCUT2D eigenvalue weighted by molar-refractivity contribution is 7.12. The molecule has 0 aliphatic carbocycles. The highest BCUT2D eigenvalue weighted by atomic mass is 32.1. The fourth-order valence-electron chi connectivity index (χ4n) is 2.21. The van der Waals surface area contributed by atoms with Crippen LogP contribution in [0.4, 0.5) is 0 Å². The van der Waals surface area contributed by atoms with E-state index in [1.165, 1.54) is 11.3 Å². The zero-order chi connectivity index (χ0) is 16.1. The molecule has 1 aromatic heterocycles. The first-order valence-corrected chi connectivity index (χ1v) is 8.06. The van der Waals surface area contributed by atoms with Gasteiger partial charge >= 0.3 is 0 Å². The largest absolute Gasteiger partial charge is 0.497 e. The number of benzene rings is 2. The lowest BCUT2D eigenvalue weighted by atomic mass is 10.1. The summed E-state index contributed by atoms with van der Waals surface area (Å²) in [5, 5.41) is 2.94. The number of aromatic nitrogens is 1. The van der Waals surface area contributed by atoms with Gasteiger partial charge in [0, 0.05) is 12.1 Å². The number of nitrogens with one attached hydrogen (secondary N) is 1. The van der Waals surface area contributed by atoms with Crippen LogP contribution in [0, 0.1) is 0 Å². The highest BCUT2D eigenvalue weighted by Gasteiger charge is 2.15. The van der Waals surface area contributed by atoms with Gasteiger partial charge in [0.1, 0.15) is 10.6 Å². The SMILES string of the molecule is COc1ccc(CNC(=O)c2scnc2-c2ccccc2)cc1. The third kappa shape index (κ3) is 3.57. The second-order valence-corrected chi connectivity index (χ2v) is 5.78. The second-order valence-electron chi connectivity index (χ2n) is 4.93. The smallest absolute Gasteiger partial charge is 0.263 e. The highest BCUT2D eigenvalue weighted by Crippen LogP contribution is 2.25. The van der Waals surface area contributed by atoms with Crippen LogP contribution in [0.15, 0.2) is 60.1 Å². The van der Waals surface area contributed by atoms with Crippen molar-refractivity contribution in [3.8, 4) is 17.0 Å². The van der Waals surface area contributed by atoms with E-state index in [2.05, 4.69) is 10.3 Å². The zero-order valence-electron chi connectivity index (χ0n) is 12.7. The first-order valence-electron chi connectivity index (χ1n) is 7.18. The topological polar surface area (TPSA) is 51.2 Å². The van der Waals surface area contributed by atoms with Crippen molar-refractivity contribution in [2.24, 2.45) is 0 Å². The summed E-state index contributed by atoms with van der Waals surface area (Å²) in [5.74, 6) is 0.691. The summed E-state index contributed by atoms with van der Waals surface area (Å²) in [4.78, 5) is 17.4. The minimum Gasteiger partial charge on any atom is -0.497 e. The number of hydrogen-bond donors (Lipinski definition) is 1. The summed E-state index contributed by atoms with van der Waals surface area (Å²) in [5.41, 5.74) is 4.39. The van der Waals surface area contributed by atoms with Crippen LogP contribution >= 0.6 is 11.3 Å². The molecule has 116 valence electrons. The number of carbonyl (C=O) groups excluding carboxylic acids is 1. The molecule has 23 heavy (non-hydrogen) atoms. The number of amides is 1. The van der Waals surface area contributed by atoms with Crippen LogP contribution in [-0.2, 0) is 6.54 Å². The van der Waals surface area contributed by atoms with Crippen molar-refractivity contribution in [1.29, 1.82) is 0 Å². The normalized spacial score (nSPS) is 10.3. The number of nitrogens with zero attached hydrogens (tertiary/aromatic N) is 1. The molecule has 0 fully saturated rings. The summed E-state index contributed by atoms with van der Waals surface area (Å²) in [6.07, 6.45) is 0. The average molecular weight is 324 g/mol. The molecule has 0 aliphatic rings. The van der Waals surface area contributed by atoms with Crippen LogP contribution in [0.3, 0.4) is 0 Å². The Morgan fingerprint density at radius 1 is 1.13 bits per heavy atom. The predicted octanol–water partition coefficient (Wildman–Crippen LogP) is 3.75. The molecule has 0 spiro atoms. The van der Waals surface area contributed by atoms with Crippen molar-refractivity contribution in [2.75, 3.05) is 7.11 Å². The van der Waals surface area contributed by atoms with Crippen molar-refractivity contribution in [3.63, 3.8) is 0 Å². The molecule has 0 atom stereocenters. The molecule has 1 heterocycles. The molecule has 1 N–H and O–H groups in total. The molecule has 0 aliphatic heterocycles. The van der Waals surface area contributed by atoms with Crippen molar-refractivity contribution in [3.05, 3.63) is 70.5 Å². The molecule has 2 aromatic carbocycles. The number of ether oxygens (including phenoxy) is 1. The van der Waals surface area contributed by atoms with Gasteiger partial charge in [0.15, 0.2) is 0 Å². The fourth-order valence-corrected chi connectivity index (χ4v) is 2.94. The summed E-state index contributed by atoms with van der Waals surface area (Å²) in [7, 11) is 1.63. The van der Waals surface area contributed by atoms with Gasteiger partial charge in [-0.1, -0.05) is 42.5 Å². The lowest BCUT2D eigenvalue weighted by Crippen LogP contribution is -2.22. The molecular formula is C18H16N2O2S. The van der Waals surface area contributed by atoms with Gasteiger partial charge < -0.3 is 10.1 Å². The number of methoxy groups -OCH3 is 1. The Hall–Kier alpha value is -2.66. The van der Waals surface area contributed by atoms with Crippen LogP contribution in [-0.4, -0.2) is 18.0 Å². The van der Waals surface area contributed by atoms with Gasteiger partial charge in [0.25, 0.3) is 5.91 Å². The molecule has 0 saturated heterocycles. The van der Waals surface area contributed by atoms with Gasteiger partial charge in [0.2, 0.25) is 0 Å². The van der Waals surface area contributed by atoms with Gasteiger partial charge in [-0.3, -0.25) is 4.79 Å². The van der Waals surface area contributed by atoms with Crippen LogP contribution in [0.25, 0.3) is 11.3 Å². The Morgan fingerprint density at radius 3 is 2.57 bits per heavy atom. The fraction of sp³-hybridized carbons (Fsp3) is 0.111. The summed E-state index contributed by atoms with van der Waals surface area (Å²) < 4.78 is 5.12. The predicted molar refractivity (Wildman–Crippen MR) is 91.7 cm³/mol. The van der Waals surface area contributed by atoms with E-state index in [4.69, 9.17) is 4.74 Å². The maximum absolute atomic E-state index is 12.4. The van der Waals surface area contributed by atoms with Crippen LogP contribution in [0.2, 0.25) is 0 Å². The zero-order valence-corrected chi connectivity index (χ0v) is 13.5. The molecule has 5 heteroatoms. The van der Waals surface area contributed by atoms with Crippen molar-refractivity contribution < 1.29 is 9.53 Å². The molecule has 4 nitrogen and oxygen atoms in total. The van der Waals surface area contributed by atoms with E-state index in [0.717, 1.165) is 22.6 Å². The van der Waals surface area contributed by atoms with Crippen molar-refractivity contribution >= 4 is 17.2 Å². The molecule has 3 aromatic rings. The number of thiazole rings is 1. The lowest BCUT2D eigenvalue weighted by molar-refractivity contribution is 0.0955. The minimum absolute atomic E-state index is 0.109. The molecule has 0 saturated carbocycles. The van der Waals surface area contributed by atoms with E-state index in [1.807, 2.05) is 54.6 Å². The van der Waals surface area contributed by atoms with Gasteiger partial charge in [-0.15, -0.1) is 11.3 Å². The van der Waals surface area contributed by atoms with E-state index >= 15 is 0 Å². The van der Waals surface area contributed by atoms with Crippen LogP contribution in [0.1, 0.15) is 15.2 Å². The van der Waals surface area contributed by atoms with E-state index < -0.39 is 0 Å². The Bertz CT molecular complexity index is 782. The minimum atomic E-state index is -0.109. The standard InChI is InChI=1S/C18H16N2O2S/c1-22-15-9-7-13(8-10-15)11-19-18(21)17-16(20-12-23-17)14-5-3-2-4-6-14/h2-10,12H,11H2,1H3,(H,19,21). The van der Waals surface area contributed by atoms with Crippen molar-refractivity contribution in [2.45, 2.75) is 6.54 Å². The second kappa shape index (κ2) is 7.07. The number of carbonyl (C=O) groups is 1. The Morgan fingerprint density at radius 2 is 1.87 bits per heavy atom. The summed E-state index contributed by atoms with van der Waals surface area (Å²) >= 11 is 1.35. The number of hydrogen-bond acceptors (Lipinski definition) is 4. The average Bonchev–Trinajstić information content (AvgIpc) is 3.11. The first kappa shape index (κ1) is 15.2. The van der Waals surface area contributed by atoms with Gasteiger partial charge in [-0.05, 0) is 17.7 Å². The van der Waals surface area contributed by atoms with E-state index in [-0.39, 0.29) is 5.91 Å². The van der Waals surface area contributed by atoms with Crippen LogP contribution < -0.4 is 10.1 Å². The van der Waals surface area contributed by atoms with E-state index in [0.29, 0.717) is 11.4 Å². The van der Waals surface area contributed by atoms with Gasteiger partial charge in [-0.25, -0.2) is 4.98 Å². The monoisotopic (exact) mass is 324 g/mol. The maximum atomic E-state index is 12.4. The molecular weight excluding hydrogens is 308 g/mol. The quantitative estimate of drug-likeness (QED) is 0.777. The Kier molecular flexibility index (Phi) is 4.68.